The SMILES string of the molecule is CC[C@@H](C)NC(=O)[C@@H](C)N(Cc1ccc(Cl)cc1Cl)C(=O)CCc1ccc(C)cc1. The molecule has 0 saturated carbocycles. The average Bonchev–Trinajstić information content (AvgIpc) is 2.72. The first-order valence-corrected chi connectivity index (χ1v) is 11.1. The molecule has 0 heterocycles. The van der Waals surface area contributed by atoms with Crippen LogP contribution >= 0.6 is 23.2 Å². The molecule has 2 rings (SSSR count). The van der Waals surface area contributed by atoms with Gasteiger partial charge in [-0.1, -0.05) is 66.0 Å². The van der Waals surface area contributed by atoms with Crippen LogP contribution in [0.15, 0.2) is 42.5 Å². The number of benzene rings is 2. The second-order valence-electron chi connectivity index (χ2n) is 7.74. The highest BCUT2D eigenvalue weighted by Crippen LogP contribution is 2.23. The molecular formula is C24H30Cl2N2O2. The summed E-state index contributed by atoms with van der Waals surface area (Å²) in [6.45, 7) is 7.99. The summed E-state index contributed by atoms with van der Waals surface area (Å²) in [5.74, 6) is -0.258. The Morgan fingerprint density at radius 2 is 1.73 bits per heavy atom. The second kappa shape index (κ2) is 11.4. The monoisotopic (exact) mass is 448 g/mol. The van der Waals surface area contributed by atoms with E-state index in [9.17, 15) is 9.59 Å². The Hall–Kier alpha value is -2.04. The van der Waals surface area contributed by atoms with Crippen LogP contribution in [0.4, 0.5) is 0 Å². The van der Waals surface area contributed by atoms with E-state index in [1.165, 1.54) is 5.56 Å². The van der Waals surface area contributed by atoms with Crippen molar-refractivity contribution in [3.8, 4) is 0 Å². The van der Waals surface area contributed by atoms with Crippen molar-refractivity contribution in [2.45, 2.75) is 65.6 Å². The summed E-state index contributed by atoms with van der Waals surface area (Å²) in [6, 6.07) is 12.7. The standard InChI is InChI=1S/C24H30Cl2N2O2/c1-5-17(3)27-24(30)18(4)28(15-20-11-12-21(25)14-22(20)26)23(29)13-10-19-8-6-16(2)7-9-19/h6-9,11-12,14,17-18H,5,10,13,15H2,1-4H3,(H,27,30)/t17-,18-/m1/s1. The number of halogens is 2. The van der Waals surface area contributed by atoms with Gasteiger partial charge in [-0.15, -0.1) is 0 Å². The molecule has 2 aromatic rings. The Kier molecular flexibility index (Phi) is 9.19. The quantitative estimate of drug-likeness (QED) is 0.545. The number of aryl methyl sites for hydroxylation is 2. The van der Waals surface area contributed by atoms with E-state index in [1.807, 2.05) is 45.0 Å². The van der Waals surface area contributed by atoms with Crippen LogP contribution in [0.25, 0.3) is 0 Å². The Labute approximate surface area is 189 Å². The zero-order valence-corrected chi connectivity index (χ0v) is 19.6. The zero-order valence-electron chi connectivity index (χ0n) is 18.0. The molecule has 162 valence electrons. The summed E-state index contributed by atoms with van der Waals surface area (Å²) in [5, 5.41) is 3.98. The van der Waals surface area contributed by atoms with E-state index >= 15 is 0 Å². The van der Waals surface area contributed by atoms with Gasteiger partial charge >= 0.3 is 0 Å². The Morgan fingerprint density at radius 3 is 2.33 bits per heavy atom. The highest BCUT2D eigenvalue weighted by Gasteiger charge is 2.27. The van der Waals surface area contributed by atoms with Crippen LogP contribution in [0.1, 0.15) is 50.3 Å². The van der Waals surface area contributed by atoms with Gasteiger partial charge in [-0.25, -0.2) is 0 Å². The third kappa shape index (κ3) is 7.03. The zero-order chi connectivity index (χ0) is 22.3. The molecule has 0 bridgehead atoms. The molecule has 0 aliphatic carbocycles. The molecule has 6 heteroatoms. The van der Waals surface area contributed by atoms with Gasteiger partial charge in [0.1, 0.15) is 6.04 Å². The second-order valence-corrected chi connectivity index (χ2v) is 8.58. The Bertz CT molecular complexity index is 868. The molecule has 2 amide bonds. The van der Waals surface area contributed by atoms with Crippen molar-refractivity contribution in [2.24, 2.45) is 0 Å². The maximum Gasteiger partial charge on any atom is 0.242 e. The lowest BCUT2D eigenvalue weighted by Gasteiger charge is -2.30. The van der Waals surface area contributed by atoms with Gasteiger partial charge in [-0.05, 0) is 56.9 Å². The van der Waals surface area contributed by atoms with Crippen LogP contribution in [0, 0.1) is 6.92 Å². The van der Waals surface area contributed by atoms with Crippen molar-refractivity contribution in [3.63, 3.8) is 0 Å². The molecule has 0 aliphatic rings. The van der Waals surface area contributed by atoms with Gasteiger partial charge in [0.15, 0.2) is 0 Å². The minimum absolute atomic E-state index is 0.0450. The van der Waals surface area contributed by atoms with E-state index in [0.717, 1.165) is 17.5 Å². The minimum atomic E-state index is -0.615. The van der Waals surface area contributed by atoms with Gasteiger partial charge in [0, 0.05) is 29.1 Å². The average molecular weight is 449 g/mol. The molecule has 0 aromatic heterocycles. The lowest BCUT2D eigenvalue weighted by molar-refractivity contribution is -0.140. The minimum Gasteiger partial charge on any atom is -0.352 e. The molecule has 1 N–H and O–H groups in total. The van der Waals surface area contributed by atoms with E-state index in [-0.39, 0.29) is 24.4 Å². The summed E-state index contributed by atoms with van der Waals surface area (Å²) in [6.07, 6.45) is 1.75. The molecule has 4 nitrogen and oxygen atoms in total. The lowest BCUT2D eigenvalue weighted by atomic mass is 10.1. The molecule has 30 heavy (non-hydrogen) atoms. The number of amides is 2. The van der Waals surface area contributed by atoms with Crippen molar-refractivity contribution < 1.29 is 9.59 Å². The van der Waals surface area contributed by atoms with Gasteiger partial charge < -0.3 is 10.2 Å². The van der Waals surface area contributed by atoms with Crippen LogP contribution in [-0.4, -0.2) is 28.8 Å². The molecule has 0 spiro atoms. The van der Waals surface area contributed by atoms with Gasteiger partial charge in [0.2, 0.25) is 11.8 Å². The van der Waals surface area contributed by atoms with Gasteiger partial charge in [0.25, 0.3) is 0 Å². The van der Waals surface area contributed by atoms with Crippen LogP contribution in [0.2, 0.25) is 10.0 Å². The molecule has 0 aliphatic heterocycles. The number of rotatable bonds is 9. The van der Waals surface area contributed by atoms with Gasteiger partial charge in [-0.2, -0.15) is 0 Å². The summed E-state index contributed by atoms with van der Waals surface area (Å²) >= 11 is 12.3. The number of hydrogen-bond donors (Lipinski definition) is 1. The van der Waals surface area contributed by atoms with Crippen molar-refractivity contribution >= 4 is 35.0 Å². The largest absolute Gasteiger partial charge is 0.352 e. The first kappa shape index (κ1) is 24.2. The van der Waals surface area contributed by atoms with Gasteiger partial charge in [-0.3, -0.25) is 9.59 Å². The highest BCUT2D eigenvalue weighted by atomic mass is 35.5. The lowest BCUT2D eigenvalue weighted by Crippen LogP contribution is -2.49. The molecule has 0 saturated heterocycles. The topological polar surface area (TPSA) is 49.4 Å². The first-order chi connectivity index (χ1) is 14.2. The Balaban J connectivity index is 2.18. The predicted octanol–water partition coefficient (Wildman–Crippen LogP) is 5.57. The van der Waals surface area contributed by atoms with Crippen molar-refractivity contribution in [2.75, 3.05) is 0 Å². The first-order valence-electron chi connectivity index (χ1n) is 10.3. The van der Waals surface area contributed by atoms with Crippen LogP contribution in [0.5, 0.6) is 0 Å². The molecule has 2 aromatic carbocycles. The summed E-state index contributed by atoms with van der Waals surface area (Å²) in [4.78, 5) is 27.5. The summed E-state index contributed by atoms with van der Waals surface area (Å²) < 4.78 is 0. The number of nitrogens with one attached hydrogen (secondary N) is 1. The fourth-order valence-electron chi connectivity index (χ4n) is 3.03. The van der Waals surface area contributed by atoms with E-state index in [1.54, 1.807) is 30.0 Å². The molecule has 2 atom stereocenters. The molecular weight excluding hydrogens is 419 g/mol. The van der Waals surface area contributed by atoms with Crippen LogP contribution < -0.4 is 5.32 Å². The predicted molar refractivity (Wildman–Crippen MR) is 124 cm³/mol. The Morgan fingerprint density at radius 1 is 1.07 bits per heavy atom. The van der Waals surface area contributed by atoms with Crippen LogP contribution in [-0.2, 0) is 22.6 Å². The molecule has 0 fully saturated rings. The van der Waals surface area contributed by atoms with Crippen molar-refractivity contribution in [1.29, 1.82) is 0 Å². The third-order valence-electron chi connectivity index (χ3n) is 5.27. The van der Waals surface area contributed by atoms with E-state index in [2.05, 4.69) is 5.32 Å². The van der Waals surface area contributed by atoms with E-state index < -0.39 is 6.04 Å². The normalized spacial score (nSPS) is 12.9. The maximum absolute atomic E-state index is 13.1. The number of carbonyl (C=O) groups is 2. The van der Waals surface area contributed by atoms with Gasteiger partial charge in [0.05, 0.1) is 0 Å². The van der Waals surface area contributed by atoms with E-state index in [0.29, 0.717) is 22.9 Å². The van der Waals surface area contributed by atoms with Crippen molar-refractivity contribution in [3.05, 3.63) is 69.2 Å². The number of nitrogens with zero attached hydrogens (tertiary/aromatic N) is 1. The van der Waals surface area contributed by atoms with Crippen LogP contribution in [0.3, 0.4) is 0 Å². The number of hydrogen-bond acceptors (Lipinski definition) is 2. The smallest absolute Gasteiger partial charge is 0.242 e. The fraction of sp³-hybridized carbons (Fsp3) is 0.417. The third-order valence-corrected chi connectivity index (χ3v) is 5.86. The fourth-order valence-corrected chi connectivity index (χ4v) is 3.50. The maximum atomic E-state index is 13.1. The number of carbonyl (C=O) groups excluding carboxylic acids is 2. The molecule has 0 radical (unpaired) electrons. The molecule has 0 unspecified atom stereocenters. The summed E-state index contributed by atoms with van der Waals surface area (Å²) in [5.41, 5.74) is 3.03. The highest BCUT2D eigenvalue weighted by molar-refractivity contribution is 6.35. The van der Waals surface area contributed by atoms with Crippen molar-refractivity contribution in [1.82, 2.24) is 10.2 Å². The van der Waals surface area contributed by atoms with E-state index in [4.69, 9.17) is 23.2 Å². The summed E-state index contributed by atoms with van der Waals surface area (Å²) in [7, 11) is 0.